The molecule has 10 rings (SSSR count). The molecule has 4 fully saturated rings. The molecule has 4 saturated heterocycles. The van der Waals surface area contributed by atoms with Crippen molar-refractivity contribution in [2.45, 2.75) is 48.1 Å². The fourth-order valence-corrected chi connectivity index (χ4v) is 11.0. The zero-order valence-corrected chi connectivity index (χ0v) is 36.6. The molecule has 4 aliphatic rings. The first-order chi connectivity index (χ1) is 30.8. The van der Waals surface area contributed by atoms with Gasteiger partial charge in [-0.1, -0.05) is 66.8 Å². The molecule has 26 heteroatoms. The van der Waals surface area contributed by atoms with Gasteiger partial charge in [-0.25, -0.2) is 39.0 Å². The van der Waals surface area contributed by atoms with Gasteiger partial charge in [-0.05, 0) is 24.3 Å². The molecule has 4 aliphatic heterocycles. The SMILES string of the molecule is C#C[C@@]12CO[P@](=O)(S)O[C@H]3[C@H]4OC[C@]3(CO[P@@](=O)(S)O[C@H]1[C@@H](OC)[C@H](n1cnc3c(NC(=O)c5ccccc5)ncnc31)O2)O[C@H]4n1cnc2c(NC(=O)c3ccccc3)ncnc21. The number of nitrogens with one attached hydrogen (secondary N) is 2. The summed E-state index contributed by atoms with van der Waals surface area (Å²) < 4.78 is 80.8. The molecule has 2 bridgehead atoms. The van der Waals surface area contributed by atoms with Gasteiger partial charge in [-0.2, -0.15) is 0 Å². The van der Waals surface area contributed by atoms with Crippen molar-refractivity contribution < 1.29 is 55.8 Å². The Labute approximate surface area is 372 Å². The van der Waals surface area contributed by atoms with Crippen LogP contribution < -0.4 is 10.6 Å². The van der Waals surface area contributed by atoms with Crippen LogP contribution in [0.4, 0.5) is 11.6 Å². The van der Waals surface area contributed by atoms with E-state index in [9.17, 15) is 18.7 Å². The van der Waals surface area contributed by atoms with E-state index in [-0.39, 0.29) is 40.6 Å². The first-order valence-corrected chi connectivity index (χ1v) is 24.6. The lowest BCUT2D eigenvalue weighted by atomic mass is 9.97. The van der Waals surface area contributed by atoms with Crippen LogP contribution in [0.15, 0.2) is 86.0 Å². The third kappa shape index (κ3) is 7.50. The van der Waals surface area contributed by atoms with Crippen molar-refractivity contribution >= 4 is 83.9 Å². The predicted octanol–water partition coefficient (Wildman–Crippen LogP) is 4.65. The van der Waals surface area contributed by atoms with Crippen LogP contribution in [0.3, 0.4) is 0 Å². The Morgan fingerprint density at radius 1 is 0.750 bits per heavy atom. The number of methoxy groups -OCH3 is 1. The Bertz CT molecular complexity index is 2950. The fourth-order valence-electron chi connectivity index (χ4n) is 8.03. The van der Waals surface area contributed by atoms with E-state index in [4.69, 9.17) is 43.5 Å². The molecule has 8 heterocycles. The highest BCUT2D eigenvalue weighted by molar-refractivity contribution is 8.44. The normalized spacial score (nSPS) is 32.5. The van der Waals surface area contributed by atoms with Gasteiger partial charge in [-0.3, -0.25) is 36.8 Å². The zero-order valence-electron chi connectivity index (χ0n) is 33.0. The molecule has 10 atom stereocenters. The molecule has 0 radical (unpaired) electrons. The monoisotopic (exact) mass is 948 g/mol. The second kappa shape index (κ2) is 16.4. The molecule has 2 aromatic carbocycles. The highest BCUT2D eigenvalue weighted by Crippen LogP contribution is 2.64. The fraction of sp³-hybridized carbons (Fsp3) is 0.316. The van der Waals surface area contributed by atoms with Gasteiger partial charge in [0.2, 0.25) is 0 Å². The quantitative estimate of drug-likeness (QED) is 0.0966. The van der Waals surface area contributed by atoms with Crippen molar-refractivity contribution in [1.29, 1.82) is 0 Å². The molecule has 2 amide bonds. The van der Waals surface area contributed by atoms with Crippen LogP contribution in [0, 0.1) is 12.3 Å². The van der Waals surface area contributed by atoms with E-state index in [1.165, 1.54) is 41.6 Å². The number of hydrogen-bond donors (Lipinski definition) is 4. The molecule has 4 aromatic heterocycles. The Kier molecular flexibility index (Phi) is 11.0. The Morgan fingerprint density at radius 3 is 1.83 bits per heavy atom. The van der Waals surface area contributed by atoms with Crippen molar-refractivity contribution in [3.05, 3.63) is 97.1 Å². The second-order valence-corrected chi connectivity index (χ2v) is 20.6. The summed E-state index contributed by atoms with van der Waals surface area (Å²) in [5.41, 5.74) is -1.99. The minimum absolute atomic E-state index is 0.1000. The topological polar surface area (TPSA) is 253 Å². The van der Waals surface area contributed by atoms with Crippen molar-refractivity contribution in [2.24, 2.45) is 0 Å². The van der Waals surface area contributed by atoms with Crippen LogP contribution in [0.5, 0.6) is 0 Å². The molecule has 2 N–H and O–H groups in total. The standard InChI is InChI=1S/C38H34N10O12P2S2/c1-3-37-15-55-61(51,63)60-28-26-36(48-20-44-24-30(40-18-42-32(24)48)46-34(50)22-12-8-5-9-13-22)58-38(28,14-54-26)16-56-62(52,64)59-27(37)25(53-2)35(57-37)47-19-43-23-29(39-17-41-31(23)47)45-33(49)21-10-6-4-7-11-21/h1,4-13,17-20,25-28,35-36H,14-16H2,2H3,(H,51,63)(H,52,64)(H,39,41,45,49)(H,40,42,46,50)/t25-,26-,27+,28+,35-,36-,37-,38-,61+,62-/m1/s1. The molecule has 0 unspecified atom stereocenters. The minimum Gasteiger partial charge on any atom is -0.374 e. The van der Waals surface area contributed by atoms with Crippen molar-refractivity contribution in [3.63, 3.8) is 0 Å². The van der Waals surface area contributed by atoms with Crippen molar-refractivity contribution in [3.8, 4) is 12.3 Å². The van der Waals surface area contributed by atoms with Crippen LogP contribution in [-0.2, 0) is 46.2 Å². The van der Waals surface area contributed by atoms with Crippen LogP contribution in [0.25, 0.3) is 22.3 Å². The predicted molar refractivity (Wildman–Crippen MR) is 229 cm³/mol. The molecule has 330 valence electrons. The van der Waals surface area contributed by atoms with Gasteiger partial charge in [0.05, 0.1) is 25.9 Å². The lowest BCUT2D eigenvalue weighted by Crippen LogP contribution is -2.49. The average molecular weight is 949 g/mol. The van der Waals surface area contributed by atoms with E-state index in [0.29, 0.717) is 11.1 Å². The van der Waals surface area contributed by atoms with E-state index < -0.39 is 86.7 Å². The zero-order chi connectivity index (χ0) is 44.4. The number of imidazole rings is 2. The smallest absolute Gasteiger partial charge is 0.374 e. The van der Waals surface area contributed by atoms with E-state index >= 15 is 0 Å². The number of rotatable bonds is 7. The van der Waals surface area contributed by atoms with Crippen LogP contribution in [0.1, 0.15) is 33.2 Å². The first kappa shape index (κ1) is 42.8. The number of hydrogen-bond acceptors (Lipinski definition) is 18. The summed E-state index contributed by atoms with van der Waals surface area (Å²) in [6.45, 7) is -10.4. The minimum atomic E-state index is -4.48. The third-order valence-corrected chi connectivity index (χ3v) is 14.2. The van der Waals surface area contributed by atoms with Gasteiger partial charge in [0, 0.05) is 18.2 Å². The maximum atomic E-state index is 14.3. The maximum absolute atomic E-state index is 14.3. The number of anilines is 2. The third-order valence-electron chi connectivity index (χ3n) is 11.1. The molecular formula is C38H34N10O12P2S2. The highest BCUT2D eigenvalue weighted by Gasteiger charge is 2.67. The lowest BCUT2D eigenvalue weighted by Gasteiger charge is -2.35. The number of amides is 2. The lowest BCUT2D eigenvalue weighted by molar-refractivity contribution is -0.183. The molecule has 64 heavy (non-hydrogen) atoms. The Hall–Kier alpha value is -5.12. The summed E-state index contributed by atoms with van der Waals surface area (Å²) >= 11 is 8.67. The summed E-state index contributed by atoms with van der Waals surface area (Å²) in [6, 6.07) is 17.1. The number of fused-ring (bicyclic) bond motifs is 3. The van der Waals surface area contributed by atoms with Crippen molar-refractivity contribution in [2.75, 3.05) is 37.6 Å². The molecule has 0 aliphatic carbocycles. The van der Waals surface area contributed by atoms with Gasteiger partial charge in [0.25, 0.3) is 11.8 Å². The summed E-state index contributed by atoms with van der Waals surface area (Å²) in [5, 5.41) is 5.50. The molecule has 0 spiro atoms. The van der Waals surface area contributed by atoms with Crippen molar-refractivity contribution in [1.82, 2.24) is 39.0 Å². The van der Waals surface area contributed by atoms with Gasteiger partial charge >= 0.3 is 13.6 Å². The van der Waals surface area contributed by atoms with Gasteiger partial charge < -0.3 is 29.6 Å². The van der Waals surface area contributed by atoms with E-state index in [1.54, 1.807) is 60.7 Å². The number of benzene rings is 2. The van der Waals surface area contributed by atoms with E-state index in [0.717, 1.165) is 0 Å². The summed E-state index contributed by atoms with van der Waals surface area (Å²) in [6.07, 6.45) is 4.14. The number of nitrogens with zero attached hydrogens (tertiary/aromatic N) is 8. The average Bonchev–Trinajstić information content (AvgIpc) is 4.12. The number of terminal acetylenes is 1. The summed E-state index contributed by atoms with van der Waals surface area (Å²) in [5.74, 6) is 1.89. The molecule has 0 saturated carbocycles. The van der Waals surface area contributed by atoms with Crippen LogP contribution >= 0.6 is 38.1 Å². The van der Waals surface area contributed by atoms with Crippen LogP contribution in [-0.4, -0.2) is 113 Å². The van der Waals surface area contributed by atoms with Gasteiger partial charge in [-0.15, -0.1) is 6.42 Å². The largest absolute Gasteiger partial charge is 0.386 e. The van der Waals surface area contributed by atoms with Gasteiger partial charge in [0.15, 0.2) is 52.0 Å². The second-order valence-electron chi connectivity index (χ2n) is 14.9. The van der Waals surface area contributed by atoms with Gasteiger partial charge in [0.1, 0.15) is 49.3 Å². The number of aromatic nitrogens is 8. The number of carbonyl (C=O) groups is 2. The highest BCUT2D eigenvalue weighted by atomic mass is 32.7. The Morgan fingerprint density at radius 2 is 1.28 bits per heavy atom. The van der Waals surface area contributed by atoms with E-state index in [2.05, 4.69) is 71.0 Å². The number of carbonyl (C=O) groups excluding carboxylic acids is 2. The van der Waals surface area contributed by atoms with E-state index in [1.807, 2.05) is 0 Å². The molecule has 22 nitrogen and oxygen atoms in total. The maximum Gasteiger partial charge on any atom is 0.386 e. The molecule has 6 aromatic rings. The summed E-state index contributed by atoms with van der Waals surface area (Å²) in [7, 11) is 1.33. The number of ether oxygens (including phenoxy) is 4. The Balaban J connectivity index is 0.935. The first-order valence-electron chi connectivity index (χ1n) is 19.2. The molecular weight excluding hydrogens is 915 g/mol. The van der Waals surface area contributed by atoms with Crippen LogP contribution in [0.2, 0.25) is 0 Å². The summed E-state index contributed by atoms with van der Waals surface area (Å²) in [4.78, 5) is 52.1. The number of thiol groups is 2.